The molecule has 184 valence electrons. The summed E-state index contributed by atoms with van der Waals surface area (Å²) in [6.07, 6.45) is 2.81. The lowest BCUT2D eigenvalue weighted by Crippen LogP contribution is -2.43. The Morgan fingerprint density at radius 1 is 1.00 bits per heavy atom. The van der Waals surface area contributed by atoms with E-state index in [0.29, 0.717) is 5.95 Å². The summed E-state index contributed by atoms with van der Waals surface area (Å²) in [5.41, 5.74) is 5.72. The molecular weight excluding hydrogens is 455 g/mol. The molecule has 3 aromatic rings. The quantitative estimate of drug-likeness (QED) is 0.478. The van der Waals surface area contributed by atoms with Crippen LogP contribution < -0.4 is 20.7 Å². The molecule has 1 aromatic heterocycles. The lowest BCUT2D eigenvalue weighted by atomic mass is 10.0. The number of hydrogen-bond acceptors (Lipinski definition) is 7. The van der Waals surface area contributed by atoms with Crippen LogP contribution >= 0.6 is 7.92 Å². The Bertz CT molecular complexity index is 1190. The standard InChI is InChI=1S/C27H35N6OP/c1-19-17-28-27(31-26(19)29-22-7-5-6-8-24(22)35(3)4)30-23-10-9-20(21-11-16-34-25(21)23)18-33-14-12-32(2)13-15-33/h5-10,17H,11-16,18H2,1-4H3,(H2,28,29,30,31). The fraction of sp³-hybridized carbons (Fsp3) is 0.407. The van der Waals surface area contributed by atoms with Gasteiger partial charge in [-0.1, -0.05) is 32.2 Å². The molecule has 2 aliphatic rings. The van der Waals surface area contributed by atoms with Gasteiger partial charge >= 0.3 is 0 Å². The summed E-state index contributed by atoms with van der Waals surface area (Å²) in [6.45, 7) is 12.7. The van der Waals surface area contributed by atoms with Gasteiger partial charge in [-0.3, -0.25) is 4.90 Å². The van der Waals surface area contributed by atoms with Crippen LogP contribution in [0.3, 0.4) is 0 Å². The van der Waals surface area contributed by atoms with Crippen molar-refractivity contribution in [2.75, 3.05) is 63.8 Å². The first-order valence-electron chi connectivity index (χ1n) is 12.3. The Morgan fingerprint density at radius 2 is 1.80 bits per heavy atom. The van der Waals surface area contributed by atoms with Crippen LogP contribution in [-0.4, -0.2) is 72.9 Å². The van der Waals surface area contributed by atoms with E-state index >= 15 is 0 Å². The van der Waals surface area contributed by atoms with Gasteiger partial charge in [0.05, 0.1) is 12.3 Å². The number of nitrogens with one attached hydrogen (secondary N) is 2. The Morgan fingerprint density at radius 3 is 2.60 bits per heavy atom. The minimum Gasteiger partial charge on any atom is -0.491 e. The Hall–Kier alpha value is -2.73. The van der Waals surface area contributed by atoms with E-state index in [9.17, 15) is 0 Å². The average Bonchev–Trinajstić information content (AvgIpc) is 3.35. The third-order valence-corrected chi connectivity index (χ3v) is 8.16. The monoisotopic (exact) mass is 490 g/mol. The number of likely N-dealkylation sites (N-methyl/N-ethyl adjacent to an activating group) is 1. The van der Waals surface area contributed by atoms with E-state index in [1.165, 1.54) is 16.4 Å². The number of ether oxygens (including phenoxy) is 1. The third kappa shape index (κ3) is 5.43. The van der Waals surface area contributed by atoms with Gasteiger partial charge in [0.25, 0.3) is 0 Å². The van der Waals surface area contributed by atoms with Crippen molar-refractivity contribution in [2.24, 2.45) is 0 Å². The van der Waals surface area contributed by atoms with E-state index in [-0.39, 0.29) is 7.92 Å². The number of anilines is 4. The lowest BCUT2D eigenvalue weighted by molar-refractivity contribution is 0.148. The van der Waals surface area contributed by atoms with Crippen LogP contribution in [0.1, 0.15) is 16.7 Å². The first-order chi connectivity index (χ1) is 17.0. The summed E-state index contributed by atoms with van der Waals surface area (Å²) >= 11 is 0. The molecule has 8 heteroatoms. The largest absolute Gasteiger partial charge is 0.491 e. The molecule has 7 nitrogen and oxygen atoms in total. The maximum atomic E-state index is 6.08. The fourth-order valence-electron chi connectivity index (χ4n) is 4.70. The van der Waals surface area contributed by atoms with E-state index in [2.05, 4.69) is 82.2 Å². The van der Waals surface area contributed by atoms with E-state index < -0.39 is 0 Å². The lowest BCUT2D eigenvalue weighted by Gasteiger charge is -2.32. The van der Waals surface area contributed by atoms with Gasteiger partial charge in [-0.15, -0.1) is 0 Å². The smallest absolute Gasteiger partial charge is 0.229 e. The third-order valence-electron chi connectivity index (χ3n) is 6.80. The van der Waals surface area contributed by atoms with Crippen molar-refractivity contribution in [3.05, 3.63) is 59.3 Å². The van der Waals surface area contributed by atoms with Gasteiger partial charge in [0.15, 0.2) is 0 Å². The molecule has 5 rings (SSSR count). The second-order valence-electron chi connectivity index (χ2n) is 9.64. The summed E-state index contributed by atoms with van der Waals surface area (Å²) in [7, 11) is 1.97. The zero-order chi connectivity index (χ0) is 24.4. The van der Waals surface area contributed by atoms with E-state index in [4.69, 9.17) is 9.72 Å². The number of aromatic nitrogens is 2. The van der Waals surface area contributed by atoms with Crippen molar-refractivity contribution in [3.8, 4) is 5.75 Å². The predicted octanol–water partition coefficient (Wildman–Crippen LogP) is 4.32. The van der Waals surface area contributed by atoms with Crippen LogP contribution in [0.4, 0.5) is 23.1 Å². The maximum absolute atomic E-state index is 6.08. The first-order valence-corrected chi connectivity index (χ1v) is 14.5. The summed E-state index contributed by atoms with van der Waals surface area (Å²) in [6, 6.07) is 12.8. The molecule has 0 amide bonds. The van der Waals surface area contributed by atoms with Gasteiger partial charge in [-0.25, -0.2) is 4.98 Å². The zero-order valence-corrected chi connectivity index (χ0v) is 22.0. The predicted molar refractivity (Wildman–Crippen MR) is 147 cm³/mol. The molecular formula is C27H35N6OP. The molecule has 0 spiro atoms. The topological polar surface area (TPSA) is 65.6 Å². The highest BCUT2D eigenvalue weighted by Gasteiger charge is 2.23. The number of piperazine rings is 1. The molecule has 3 heterocycles. The van der Waals surface area contributed by atoms with Crippen LogP contribution in [0.15, 0.2) is 42.6 Å². The molecule has 1 saturated heterocycles. The molecule has 35 heavy (non-hydrogen) atoms. The van der Waals surface area contributed by atoms with E-state index in [1.54, 1.807) is 0 Å². The van der Waals surface area contributed by atoms with Gasteiger partial charge in [0, 0.05) is 62.2 Å². The molecule has 0 atom stereocenters. The molecule has 0 aliphatic carbocycles. The van der Waals surface area contributed by atoms with Crippen molar-refractivity contribution in [2.45, 2.75) is 19.9 Å². The van der Waals surface area contributed by atoms with Crippen molar-refractivity contribution < 1.29 is 4.74 Å². The number of hydrogen-bond donors (Lipinski definition) is 2. The Balaban J connectivity index is 1.36. The van der Waals surface area contributed by atoms with E-state index in [0.717, 1.165) is 74.3 Å². The molecule has 2 N–H and O–H groups in total. The van der Waals surface area contributed by atoms with Crippen LogP contribution in [0.25, 0.3) is 0 Å². The average molecular weight is 491 g/mol. The maximum Gasteiger partial charge on any atom is 0.229 e. The molecule has 0 saturated carbocycles. The highest BCUT2D eigenvalue weighted by molar-refractivity contribution is 7.64. The van der Waals surface area contributed by atoms with Gasteiger partial charge in [-0.2, -0.15) is 4.98 Å². The summed E-state index contributed by atoms with van der Waals surface area (Å²) < 4.78 is 6.08. The van der Waals surface area contributed by atoms with Crippen molar-refractivity contribution in [1.29, 1.82) is 0 Å². The number of benzene rings is 2. The van der Waals surface area contributed by atoms with Crippen molar-refractivity contribution in [3.63, 3.8) is 0 Å². The van der Waals surface area contributed by atoms with Crippen molar-refractivity contribution in [1.82, 2.24) is 19.8 Å². The second kappa shape index (κ2) is 10.5. The summed E-state index contributed by atoms with van der Waals surface area (Å²) in [4.78, 5) is 14.3. The Labute approximate surface area is 209 Å². The normalized spacial score (nSPS) is 16.3. The molecule has 0 bridgehead atoms. The molecule has 0 radical (unpaired) electrons. The van der Waals surface area contributed by atoms with Crippen LogP contribution in [0.2, 0.25) is 0 Å². The number of nitrogens with zero attached hydrogens (tertiary/aromatic N) is 4. The fourth-order valence-corrected chi connectivity index (χ4v) is 5.70. The molecule has 1 fully saturated rings. The van der Waals surface area contributed by atoms with Gasteiger partial charge in [-0.05, 0) is 50.3 Å². The highest BCUT2D eigenvalue weighted by Crippen LogP contribution is 2.38. The molecule has 2 aliphatic heterocycles. The van der Waals surface area contributed by atoms with Crippen molar-refractivity contribution >= 4 is 36.4 Å². The van der Waals surface area contributed by atoms with Crippen LogP contribution in [0, 0.1) is 6.92 Å². The molecule has 0 unspecified atom stereocenters. The minimum absolute atomic E-state index is 0.229. The second-order valence-corrected chi connectivity index (χ2v) is 11.9. The van der Waals surface area contributed by atoms with E-state index in [1.807, 2.05) is 13.1 Å². The number of para-hydroxylation sites is 1. The number of aryl methyl sites for hydroxylation is 1. The summed E-state index contributed by atoms with van der Waals surface area (Å²) in [5.74, 6) is 2.33. The summed E-state index contributed by atoms with van der Waals surface area (Å²) in [5, 5.41) is 8.30. The van der Waals surface area contributed by atoms with Gasteiger partial charge in [0.2, 0.25) is 5.95 Å². The van der Waals surface area contributed by atoms with Crippen LogP contribution in [0.5, 0.6) is 5.75 Å². The van der Waals surface area contributed by atoms with Gasteiger partial charge in [0.1, 0.15) is 11.6 Å². The van der Waals surface area contributed by atoms with Crippen LogP contribution in [-0.2, 0) is 13.0 Å². The zero-order valence-electron chi connectivity index (χ0n) is 21.1. The number of rotatable bonds is 7. The van der Waals surface area contributed by atoms with Gasteiger partial charge < -0.3 is 20.3 Å². The Kier molecular flexibility index (Phi) is 7.19. The number of fused-ring (bicyclic) bond motifs is 1. The SMILES string of the molecule is Cc1cnc(Nc2ccc(CN3CCN(C)CC3)c3c2OCC3)nc1Nc1ccccc1P(C)C. The highest BCUT2D eigenvalue weighted by atomic mass is 31.1. The first kappa shape index (κ1) is 24.0. The minimum atomic E-state index is -0.229. The molecule has 2 aromatic carbocycles.